The Kier molecular flexibility index (Phi) is 5.18. The second-order valence-corrected chi connectivity index (χ2v) is 9.14. The minimum absolute atomic E-state index is 0.110. The van der Waals surface area contributed by atoms with Gasteiger partial charge in [0.2, 0.25) is 0 Å². The van der Waals surface area contributed by atoms with E-state index in [-0.39, 0.29) is 29.3 Å². The molecule has 1 aliphatic heterocycles. The van der Waals surface area contributed by atoms with E-state index < -0.39 is 0 Å². The lowest BCUT2D eigenvalue weighted by Crippen LogP contribution is -2.38. The molecule has 3 aromatic heterocycles. The molecule has 182 valence electrons. The highest BCUT2D eigenvalue weighted by molar-refractivity contribution is 5.95. The molecule has 1 amide bonds. The zero-order valence-corrected chi connectivity index (χ0v) is 19.9. The quantitative estimate of drug-likeness (QED) is 0.406. The smallest absolute Gasteiger partial charge is 0.274 e. The van der Waals surface area contributed by atoms with Crippen LogP contribution in [0.1, 0.15) is 16.9 Å². The Morgan fingerprint density at radius 1 is 1.17 bits per heavy atom. The predicted molar refractivity (Wildman–Crippen MR) is 136 cm³/mol. The molecule has 0 spiro atoms. The summed E-state index contributed by atoms with van der Waals surface area (Å²) in [4.78, 5) is 28.8. The highest BCUT2D eigenvalue weighted by Gasteiger charge is 2.27. The molecule has 10 heteroatoms. The third kappa shape index (κ3) is 3.57. The topological polar surface area (TPSA) is 106 Å². The number of nitrogens with zero attached hydrogens (tertiary/aromatic N) is 6. The molecule has 1 fully saturated rings. The number of hydrogen-bond acceptors (Lipinski definition) is 6. The zero-order valence-electron chi connectivity index (χ0n) is 19.9. The third-order valence-electron chi connectivity index (χ3n) is 6.87. The van der Waals surface area contributed by atoms with Gasteiger partial charge in [-0.2, -0.15) is 0 Å². The Bertz CT molecular complexity index is 1620. The van der Waals surface area contributed by atoms with E-state index in [2.05, 4.69) is 20.3 Å². The molecule has 1 saturated heterocycles. The summed E-state index contributed by atoms with van der Waals surface area (Å²) in [5, 5.41) is 3.29. The Hall–Kier alpha value is -4.31. The van der Waals surface area contributed by atoms with Gasteiger partial charge in [-0.3, -0.25) is 9.20 Å². The van der Waals surface area contributed by atoms with E-state index in [1.54, 1.807) is 36.6 Å². The van der Waals surface area contributed by atoms with Crippen molar-refractivity contribution in [1.82, 2.24) is 34.1 Å². The third-order valence-corrected chi connectivity index (χ3v) is 6.87. The number of rotatable bonds is 4. The largest absolute Gasteiger partial charge is 0.381 e. The number of anilines is 1. The molecule has 1 atom stereocenters. The highest BCUT2D eigenvalue weighted by atomic mass is 19.1. The van der Waals surface area contributed by atoms with Crippen molar-refractivity contribution in [1.29, 1.82) is 0 Å². The number of nitrogens with two attached hydrogens (primary N) is 1. The molecule has 0 aliphatic carbocycles. The van der Waals surface area contributed by atoms with E-state index in [1.807, 2.05) is 34.2 Å². The number of benzene rings is 2. The molecule has 9 nitrogen and oxygen atoms in total. The molecule has 5 aromatic rings. The van der Waals surface area contributed by atoms with Gasteiger partial charge in [-0.05, 0) is 49.4 Å². The van der Waals surface area contributed by atoms with Crippen LogP contribution < -0.4 is 11.1 Å². The van der Waals surface area contributed by atoms with Gasteiger partial charge in [-0.25, -0.2) is 19.3 Å². The number of aryl methyl sites for hydroxylation is 1. The van der Waals surface area contributed by atoms with Crippen molar-refractivity contribution in [3.63, 3.8) is 0 Å². The molecule has 1 aliphatic rings. The van der Waals surface area contributed by atoms with Crippen molar-refractivity contribution >= 4 is 28.4 Å². The van der Waals surface area contributed by atoms with E-state index in [9.17, 15) is 9.18 Å². The summed E-state index contributed by atoms with van der Waals surface area (Å²) >= 11 is 0. The van der Waals surface area contributed by atoms with Crippen LogP contribution in [0.5, 0.6) is 0 Å². The summed E-state index contributed by atoms with van der Waals surface area (Å²) in [5.41, 5.74) is 11.6. The maximum Gasteiger partial charge on any atom is 0.274 e. The summed E-state index contributed by atoms with van der Waals surface area (Å²) in [5.74, 6) is -0.335. The number of carbonyl (C=O) groups excluding carboxylic acids is 1. The lowest BCUT2D eigenvalue weighted by Gasteiger charge is -2.22. The molecule has 36 heavy (non-hydrogen) atoms. The van der Waals surface area contributed by atoms with Crippen molar-refractivity contribution in [3.8, 4) is 22.5 Å². The predicted octanol–water partition coefficient (Wildman–Crippen LogP) is 3.11. The fourth-order valence-corrected chi connectivity index (χ4v) is 4.85. The molecule has 1 unspecified atom stereocenters. The molecule has 0 radical (unpaired) electrons. The van der Waals surface area contributed by atoms with Gasteiger partial charge >= 0.3 is 0 Å². The second-order valence-electron chi connectivity index (χ2n) is 9.14. The van der Waals surface area contributed by atoms with Gasteiger partial charge in [0.15, 0.2) is 11.5 Å². The molecule has 2 aromatic carbocycles. The van der Waals surface area contributed by atoms with Gasteiger partial charge in [0.1, 0.15) is 11.5 Å². The SMILES string of the molecule is CN(C(=O)c1cn2c(-c3ccc4ncn(C)c4c3)c(-c3ccc(F)cc3)nc(N)c2n1)C1CCNC1. The average molecular weight is 485 g/mol. The number of likely N-dealkylation sites (N-methyl/N-ethyl adjacent to an activating group) is 1. The number of fused-ring (bicyclic) bond motifs is 2. The Morgan fingerprint density at radius 2 is 1.94 bits per heavy atom. The van der Waals surface area contributed by atoms with Crippen LogP contribution in [0.2, 0.25) is 0 Å². The van der Waals surface area contributed by atoms with Crippen molar-refractivity contribution in [2.45, 2.75) is 12.5 Å². The first-order valence-electron chi connectivity index (χ1n) is 11.7. The Balaban J connectivity index is 1.58. The number of aromatic nitrogens is 5. The maximum atomic E-state index is 13.7. The van der Waals surface area contributed by atoms with Crippen LogP contribution in [0.4, 0.5) is 10.2 Å². The van der Waals surface area contributed by atoms with E-state index in [4.69, 9.17) is 5.73 Å². The van der Waals surface area contributed by atoms with E-state index in [0.29, 0.717) is 22.6 Å². The summed E-state index contributed by atoms with van der Waals surface area (Å²) in [6.07, 6.45) is 4.36. The first-order valence-corrected chi connectivity index (χ1v) is 11.7. The Labute approximate surface area is 206 Å². The number of amides is 1. The number of carbonyl (C=O) groups is 1. The van der Waals surface area contributed by atoms with Crippen LogP contribution in [-0.2, 0) is 7.05 Å². The highest BCUT2D eigenvalue weighted by Crippen LogP contribution is 2.35. The molecular formula is C26H25FN8O. The van der Waals surface area contributed by atoms with Crippen LogP contribution >= 0.6 is 0 Å². The minimum atomic E-state index is -0.342. The van der Waals surface area contributed by atoms with Gasteiger partial charge < -0.3 is 20.5 Å². The van der Waals surface area contributed by atoms with Crippen molar-refractivity contribution in [2.24, 2.45) is 7.05 Å². The monoisotopic (exact) mass is 484 g/mol. The van der Waals surface area contributed by atoms with Crippen LogP contribution in [-0.4, -0.2) is 60.9 Å². The Morgan fingerprint density at radius 3 is 2.69 bits per heavy atom. The maximum absolute atomic E-state index is 13.7. The number of halogens is 1. The second kappa shape index (κ2) is 8.42. The fourth-order valence-electron chi connectivity index (χ4n) is 4.85. The van der Waals surface area contributed by atoms with E-state index >= 15 is 0 Å². The van der Waals surface area contributed by atoms with Crippen LogP contribution in [0, 0.1) is 5.82 Å². The normalized spacial score (nSPS) is 15.7. The lowest BCUT2D eigenvalue weighted by atomic mass is 10.0. The number of hydrogen-bond donors (Lipinski definition) is 2. The van der Waals surface area contributed by atoms with Crippen molar-refractivity contribution in [3.05, 3.63) is 66.5 Å². The summed E-state index contributed by atoms with van der Waals surface area (Å²) in [7, 11) is 3.73. The zero-order chi connectivity index (χ0) is 25.0. The van der Waals surface area contributed by atoms with Crippen LogP contribution in [0.25, 0.3) is 39.2 Å². The molecule has 0 saturated carbocycles. The molecule has 3 N–H and O–H groups in total. The van der Waals surface area contributed by atoms with Crippen molar-refractivity contribution < 1.29 is 9.18 Å². The van der Waals surface area contributed by atoms with Gasteiger partial charge in [0, 0.05) is 44.0 Å². The summed E-state index contributed by atoms with van der Waals surface area (Å²) < 4.78 is 17.5. The average Bonchev–Trinajstić information content (AvgIpc) is 3.64. The number of nitrogens with one attached hydrogen (secondary N) is 1. The van der Waals surface area contributed by atoms with Gasteiger partial charge in [0.25, 0.3) is 5.91 Å². The van der Waals surface area contributed by atoms with Gasteiger partial charge in [0.05, 0.1) is 28.7 Å². The first kappa shape index (κ1) is 22.2. The minimum Gasteiger partial charge on any atom is -0.381 e. The number of imidazole rings is 2. The summed E-state index contributed by atoms with van der Waals surface area (Å²) in [6.45, 7) is 1.63. The molecule has 4 heterocycles. The van der Waals surface area contributed by atoms with E-state index in [0.717, 1.165) is 36.1 Å². The lowest BCUT2D eigenvalue weighted by molar-refractivity contribution is 0.0738. The van der Waals surface area contributed by atoms with Crippen molar-refractivity contribution in [2.75, 3.05) is 25.9 Å². The first-order chi connectivity index (χ1) is 17.4. The fraction of sp³-hybridized carbons (Fsp3) is 0.231. The molecular weight excluding hydrogens is 459 g/mol. The van der Waals surface area contributed by atoms with Gasteiger partial charge in [-0.15, -0.1) is 0 Å². The molecule has 6 rings (SSSR count). The van der Waals surface area contributed by atoms with Crippen LogP contribution in [0.15, 0.2) is 55.0 Å². The molecule has 0 bridgehead atoms. The van der Waals surface area contributed by atoms with Gasteiger partial charge in [-0.1, -0.05) is 6.07 Å². The van der Waals surface area contributed by atoms with Crippen LogP contribution in [0.3, 0.4) is 0 Å². The number of nitrogen functional groups attached to an aromatic ring is 1. The standard InChI is InChI=1S/C26H25FN8O/c1-33-14-30-19-8-5-16(11-21(19)33)23-22(15-3-6-17(27)7-4-15)32-24(28)25-31-20(13-35(23)25)26(36)34(2)18-9-10-29-12-18/h3-8,11,13-14,18,29H,9-10,12H2,1-2H3,(H2,28,32). The summed E-state index contributed by atoms with van der Waals surface area (Å²) in [6, 6.07) is 12.1. The van der Waals surface area contributed by atoms with E-state index in [1.165, 1.54) is 12.1 Å².